The van der Waals surface area contributed by atoms with E-state index in [0.717, 1.165) is 12.0 Å². The van der Waals surface area contributed by atoms with Crippen molar-refractivity contribution in [2.75, 3.05) is 0 Å². The van der Waals surface area contributed by atoms with Crippen molar-refractivity contribution >= 4 is 5.78 Å². The molecule has 1 nitrogen and oxygen atoms in total. The van der Waals surface area contributed by atoms with Crippen LogP contribution in [0.25, 0.3) is 0 Å². The first-order valence-corrected chi connectivity index (χ1v) is 6.68. The summed E-state index contributed by atoms with van der Waals surface area (Å²) < 4.78 is 0. The van der Waals surface area contributed by atoms with Gasteiger partial charge in [0, 0.05) is 12.0 Å². The van der Waals surface area contributed by atoms with E-state index in [1.165, 1.54) is 24.0 Å². The molecular weight excluding hydrogens is 208 g/mol. The largest absolute Gasteiger partial charge is 0.294 e. The van der Waals surface area contributed by atoms with Crippen molar-refractivity contribution in [1.82, 2.24) is 0 Å². The van der Waals surface area contributed by atoms with E-state index in [2.05, 4.69) is 19.9 Å². The second kappa shape index (κ2) is 6.58. The van der Waals surface area contributed by atoms with Crippen molar-refractivity contribution in [3.63, 3.8) is 0 Å². The quantitative estimate of drug-likeness (QED) is 0.650. The number of hydrogen-bond donors (Lipinski definition) is 0. The Kier molecular flexibility index (Phi) is 5.40. The topological polar surface area (TPSA) is 17.1 Å². The molecule has 0 fully saturated rings. The number of Topliss-reactive ketones (excluding diaryl/α,β-unsaturated/α-hetero) is 1. The minimum absolute atomic E-state index is 0.295. The van der Waals surface area contributed by atoms with Gasteiger partial charge in [0.1, 0.15) is 0 Å². The van der Waals surface area contributed by atoms with Gasteiger partial charge in [0.25, 0.3) is 0 Å². The first-order valence-electron chi connectivity index (χ1n) is 6.68. The van der Waals surface area contributed by atoms with Crippen LogP contribution in [0.5, 0.6) is 0 Å². The minimum Gasteiger partial charge on any atom is -0.294 e. The van der Waals surface area contributed by atoms with E-state index in [4.69, 9.17) is 0 Å². The van der Waals surface area contributed by atoms with Crippen molar-refractivity contribution < 1.29 is 4.79 Å². The van der Waals surface area contributed by atoms with Crippen LogP contribution in [0.2, 0.25) is 0 Å². The Morgan fingerprint density at radius 3 is 2.06 bits per heavy atom. The molecule has 0 unspecified atom stereocenters. The normalized spacial score (nSPS) is 10.9. The summed E-state index contributed by atoms with van der Waals surface area (Å²) in [5, 5.41) is 0. The summed E-state index contributed by atoms with van der Waals surface area (Å²) in [4.78, 5) is 12.1. The van der Waals surface area contributed by atoms with Gasteiger partial charge < -0.3 is 0 Å². The van der Waals surface area contributed by atoms with Crippen molar-refractivity contribution in [2.45, 2.75) is 53.4 Å². The Bertz CT molecular complexity index is 355. The van der Waals surface area contributed by atoms with Crippen LogP contribution < -0.4 is 0 Å². The molecule has 0 saturated carbocycles. The van der Waals surface area contributed by atoms with Crippen LogP contribution in [0.1, 0.15) is 61.0 Å². The molecule has 1 aromatic carbocycles. The maximum atomic E-state index is 12.1. The van der Waals surface area contributed by atoms with Crippen molar-refractivity contribution in [1.29, 1.82) is 0 Å². The lowest BCUT2D eigenvalue weighted by molar-refractivity contribution is 0.0973. The molecule has 1 rings (SSSR count). The van der Waals surface area contributed by atoms with Crippen LogP contribution in [-0.4, -0.2) is 5.78 Å². The molecule has 0 radical (unpaired) electrons. The summed E-state index contributed by atoms with van der Waals surface area (Å²) >= 11 is 0. The average Bonchev–Trinajstić information content (AvgIpc) is 2.28. The van der Waals surface area contributed by atoms with Gasteiger partial charge in [-0.25, -0.2) is 0 Å². The number of ketones is 1. The fraction of sp³-hybridized carbons (Fsp3) is 0.562. The van der Waals surface area contributed by atoms with Crippen LogP contribution in [-0.2, 0) is 0 Å². The van der Waals surface area contributed by atoms with Crippen molar-refractivity contribution in [3.8, 4) is 0 Å². The fourth-order valence-corrected chi connectivity index (χ4v) is 2.31. The van der Waals surface area contributed by atoms with Gasteiger partial charge in [0.15, 0.2) is 5.78 Å². The Balaban J connectivity index is 2.63. The summed E-state index contributed by atoms with van der Waals surface area (Å²) in [5.74, 6) is 0.994. The predicted octanol–water partition coefficient (Wildman–Crippen LogP) is 4.70. The second-order valence-electron chi connectivity index (χ2n) is 5.02. The predicted molar refractivity (Wildman–Crippen MR) is 73.6 cm³/mol. The molecular formula is C16H24O. The Hall–Kier alpha value is -1.11. The highest BCUT2D eigenvalue weighted by atomic mass is 16.1. The zero-order valence-electron chi connectivity index (χ0n) is 11.5. The minimum atomic E-state index is 0.295. The van der Waals surface area contributed by atoms with E-state index < -0.39 is 0 Å². The van der Waals surface area contributed by atoms with Gasteiger partial charge in [-0.15, -0.1) is 0 Å². The zero-order valence-corrected chi connectivity index (χ0v) is 11.5. The van der Waals surface area contributed by atoms with Crippen LogP contribution in [0, 0.1) is 19.8 Å². The lowest BCUT2D eigenvalue weighted by Crippen LogP contribution is -2.05. The zero-order chi connectivity index (χ0) is 12.8. The van der Waals surface area contributed by atoms with Gasteiger partial charge in [0.05, 0.1) is 0 Å². The van der Waals surface area contributed by atoms with Crippen LogP contribution >= 0.6 is 0 Å². The number of hydrogen-bond acceptors (Lipinski definition) is 1. The van der Waals surface area contributed by atoms with Gasteiger partial charge >= 0.3 is 0 Å². The summed E-state index contributed by atoms with van der Waals surface area (Å²) in [6, 6.07) is 6.11. The van der Waals surface area contributed by atoms with E-state index in [1.807, 2.05) is 26.0 Å². The van der Waals surface area contributed by atoms with Gasteiger partial charge in [-0.3, -0.25) is 4.79 Å². The third-order valence-electron chi connectivity index (χ3n) is 3.48. The molecule has 0 saturated heterocycles. The van der Waals surface area contributed by atoms with Gasteiger partial charge in [0.2, 0.25) is 0 Å². The summed E-state index contributed by atoms with van der Waals surface area (Å²) in [6.45, 7) is 8.50. The smallest absolute Gasteiger partial charge is 0.162 e. The standard InChI is InChI=1S/C16H24O/c1-5-14(6-2)7-8-16(17)15-10-12(3)9-13(4)11-15/h9-11,14H,5-8H2,1-4H3. The molecule has 0 spiro atoms. The molecule has 0 heterocycles. The monoisotopic (exact) mass is 232 g/mol. The maximum Gasteiger partial charge on any atom is 0.162 e. The third kappa shape index (κ3) is 4.33. The van der Waals surface area contributed by atoms with E-state index in [1.54, 1.807) is 0 Å². The summed E-state index contributed by atoms with van der Waals surface area (Å²) in [5.41, 5.74) is 3.24. The lowest BCUT2D eigenvalue weighted by Gasteiger charge is -2.11. The fourth-order valence-electron chi connectivity index (χ4n) is 2.31. The summed E-state index contributed by atoms with van der Waals surface area (Å²) in [7, 11) is 0. The molecule has 1 aromatic rings. The van der Waals surface area contributed by atoms with Crippen LogP contribution in [0.3, 0.4) is 0 Å². The number of carbonyl (C=O) groups is 1. The Labute approximate surface area is 105 Å². The second-order valence-corrected chi connectivity index (χ2v) is 5.02. The number of carbonyl (C=O) groups excluding carboxylic acids is 1. The Morgan fingerprint density at radius 2 is 1.59 bits per heavy atom. The number of rotatable bonds is 6. The maximum absolute atomic E-state index is 12.1. The molecule has 0 bridgehead atoms. The van der Waals surface area contributed by atoms with E-state index in [0.29, 0.717) is 18.1 Å². The van der Waals surface area contributed by atoms with E-state index in [9.17, 15) is 4.79 Å². The lowest BCUT2D eigenvalue weighted by atomic mass is 9.94. The molecule has 0 N–H and O–H groups in total. The average molecular weight is 232 g/mol. The Morgan fingerprint density at radius 1 is 1.06 bits per heavy atom. The molecule has 94 valence electrons. The molecule has 0 atom stereocenters. The highest BCUT2D eigenvalue weighted by Gasteiger charge is 2.10. The first kappa shape index (κ1) is 14.0. The molecule has 1 heteroatoms. The molecule has 0 aromatic heterocycles. The highest BCUT2D eigenvalue weighted by Crippen LogP contribution is 2.18. The molecule has 0 amide bonds. The van der Waals surface area contributed by atoms with Crippen molar-refractivity contribution in [2.24, 2.45) is 5.92 Å². The van der Waals surface area contributed by atoms with Gasteiger partial charge in [-0.05, 0) is 38.3 Å². The van der Waals surface area contributed by atoms with Crippen LogP contribution in [0.4, 0.5) is 0 Å². The molecule has 0 aliphatic carbocycles. The SMILES string of the molecule is CCC(CC)CCC(=O)c1cc(C)cc(C)c1. The van der Waals surface area contributed by atoms with E-state index >= 15 is 0 Å². The summed E-state index contributed by atoms with van der Waals surface area (Å²) in [6.07, 6.45) is 4.07. The van der Waals surface area contributed by atoms with Crippen molar-refractivity contribution in [3.05, 3.63) is 34.9 Å². The third-order valence-corrected chi connectivity index (χ3v) is 3.48. The van der Waals surface area contributed by atoms with E-state index in [-0.39, 0.29) is 0 Å². The number of aryl methyl sites for hydroxylation is 2. The van der Waals surface area contributed by atoms with Gasteiger partial charge in [-0.1, -0.05) is 43.9 Å². The molecule has 17 heavy (non-hydrogen) atoms. The molecule has 0 aliphatic rings. The highest BCUT2D eigenvalue weighted by molar-refractivity contribution is 5.96. The van der Waals surface area contributed by atoms with Crippen LogP contribution in [0.15, 0.2) is 18.2 Å². The molecule has 0 aliphatic heterocycles. The van der Waals surface area contributed by atoms with Gasteiger partial charge in [-0.2, -0.15) is 0 Å². The first-order chi connectivity index (χ1) is 8.06. The number of benzene rings is 1.